The second-order valence-corrected chi connectivity index (χ2v) is 14.5. The molecule has 32 heavy (non-hydrogen) atoms. The van der Waals surface area contributed by atoms with Crippen LogP contribution >= 0.6 is 0 Å². The minimum absolute atomic E-state index is 0.0729. The number of nitrogens with zero attached hydrogens (tertiary/aromatic N) is 2. The monoisotopic (exact) mass is 460 g/mol. The molecular formula is C27H51F3N2. The number of piperidine rings is 1. The van der Waals surface area contributed by atoms with Gasteiger partial charge in [-0.15, -0.1) is 0 Å². The molecule has 2 aliphatic rings. The number of alkyl halides is 3. The number of likely N-dealkylation sites (tertiary alicyclic amines) is 2. The van der Waals surface area contributed by atoms with Gasteiger partial charge in [0.25, 0.3) is 0 Å². The predicted molar refractivity (Wildman–Crippen MR) is 130 cm³/mol. The third-order valence-corrected chi connectivity index (χ3v) is 8.60. The second kappa shape index (κ2) is 9.06. The van der Waals surface area contributed by atoms with E-state index >= 15 is 0 Å². The average Bonchev–Trinajstić information content (AvgIpc) is 3.05. The topological polar surface area (TPSA) is 6.48 Å². The van der Waals surface area contributed by atoms with Gasteiger partial charge < -0.3 is 0 Å². The Morgan fingerprint density at radius 2 is 1.34 bits per heavy atom. The van der Waals surface area contributed by atoms with Crippen LogP contribution < -0.4 is 0 Å². The molecule has 5 heteroatoms. The zero-order chi connectivity index (χ0) is 24.9. The van der Waals surface area contributed by atoms with Crippen molar-refractivity contribution < 1.29 is 13.2 Å². The van der Waals surface area contributed by atoms with Crippen LogP contribution in [-0.2, 0) is 0 Å². The van der Waals surface area contributed by atoms with E-state index in [9.17, 15) is 13.2 Å². The van der Waals surface area contributed by atoms with Gasteiger partial charge in [-0.1, -0.05) is 34.6 Å². The van der Waals surface area contributed by atoms with Crippen molar-refractivity contribution in [3.05, 3.63) is 0 Å². The van der Waals surface area contributed by atoms with E-state index < -0.39 is 17.8 Å². The van der Waals surface area contributed by atoms with Crippen molar-refractivity contribution >= 4 is 0 Å². The normalized spacial score (nSPS) is 30.2. The molecule has 0 spiro atoms. The molecule has 2 rings (SSSR count). The molecule has 2 fully saturated rings. The summed E-state index contributed by atoms with van der Waals surface area (Å²) in [5.74, 6) is 1.33. The van der Waals surface area contributed by atoms with Crippen LogP contribution in [0, 0.1) is 28.6 Å². The van der Waals surface area contributed by atoms with Crippen molar-refractivity contribution in [1.29, 1.82) is 0 Å². The molecule has 4 atom stereocenters. The molecule has 0 N–H and O–H groups in total. The maximum atomic E-state index is 13.9. The Bertz CT molecular complexity index is 597. The number of hydrogen-bond donors (Lipinski definition) is 0. The molecule has 0 aromatic carbocycles. The summed E-state index contributed by atoms with van der Waals surface area (Å²) in [6.45, 7) is 26.9. The molecule has 4 unspecified atom stereocenters. The maximum Gasteiger partial charge on any atom is 0.404 e. The predicted octanol–water partition coefficient (Wildman–Crippen LogP) is 7.63. The molecule has 2 saturated heterocycles. The van der Waals surface area contributed by atoms with Gasteiger partial charge in [0.05, 0.1) is 0 Å². The van der Waals surface area contributed by atoms with Crippen LogP contribution in [0.4, 0.5) is 13.2 Å². The van der Waals surface area contributed by atoms with Gasteiger partial charge >= 0.3 is 6.18 Å². The minimum Gasteiger partial charge on any atom is -0.298 e. The third-order valence-electron chi connectivity index (χ3n) is 8.60. The van der Waals surface area contributed by atoms with E-state index in [4.69, 9.17) is 0 Å². The summed E-state index contributed by atoms with van der Waals surface area (Å²) < 4.78 is 41.6. The Hall–Kier alpha value is -0.290. The lowest BCUT2D eigenvalue weighted by atomic mass is 9.65. The van der Waals surface area contributed by atoms with Gasteiger partial charge in [0.15, 0.2) is 0 Å². The SMILES string of the molecule is CC(C)(C)C1CCN(C(C)(C)C)CC1CCC(C)(C)C1CC(C(F)(F)F)N(C(C)(C)C)C1. The first-order valence-corrected chi connectivity index (χ1v) is 12.7. The van der Waals surface area contributed by atoms with Gasteiger partial charge in [-0.3, -0.25) is 9.80 Å². The highest BCUT2D eigenvalue weighted by Crippen LogP contribution is 2.49. The average molecular weight is 461 g/mol. The van der Waals surface area contributed by atoms with Crippen molar-refractivity contribution in [1.82, 2.24) is 9.80 Å². The van der Waals surface area contributed by atoms with Crippen LogP contribution in [0.5, 0.6) is 0 Å². The molecule has 0 radical (unpaired) electrons. The van der Waals surface area contributed by atoms with Crippen molar-refractivity contribution in [2.24, 2.45) is 28.6 Å². The van der Waals surface area contributed by atoms with Crippen molar-refractivity contribution in [2.45, 2.75) is 125 Å². The lowest BCUT2D eigenvalue weighted by Gasteiger charge is -2.49. The van der Waals surface area contributed by atoms with E-state index in [-0.39, 0.29) is 28.7 Å². The second-order valence-electron chi connectivity index (χ2n) is 14.5. The standard InChI is InChI=1S/C27H51F3N2/c1-23(2,3)21-13-15-31(24(4,5)6)17-19(21)12-14-26(10,11)20-16-22(27(28,29)30)32(18-20)25(7,8)9/h19-22H,12-18H2,1-11H3. The molecule has 0 saturated carbocycles. The van der Waals surface area contributed by atoms with E-state index in [2.05, 4.69) is 60.3 Å². The third kappa shape index (κ3) is 6.64. The van der Waals surface area contributed by atoms with Crippen LogP contribution in [-0.4, -0.2) is 52.7 Å². The summed E-state index contributed by atoms with van der Waals surface area (Å²) in [5, 5.41) is 0. The zero-order valence-electron chi connectivity index (χ0n) is 22.8. The van der Waals surface area contributed by atoms with Gasteiger partial charge in [-0.2, -0.15) is 13.2 Å². The molecule has 2 nitrogen and oxygen atoms in total. The van der Waals surface area contributed by atoms with Gasteiger partial charge in [0.1, 0.15) is 6.04 Å². The van der Waals surface area contributed by atoms with Crippen molar-refractivity contribution in [2.75, 3.05) is 19.6 Å². The van der Waals surface area contributed by atoms with Crippen LogP contribution in [0.3, 0.4) is 0 Å². The highest BCUT2D eigenvalue weighted by Gasteiger charge is 2.54. The zero-order valence-corrected chi connectivity index (χ0v) is 22.8. The van der Waals surface area contributed by atoms with Crippen LogP contribution in [0.25, 0.3) is 0 Å². The first kappa shape index (κ1) is 28.0. The first-order chi connectivity index (χ1) is 14.1. The fraction of sp³-hybridized carbons (Fsp3) is 1.00. The Labute approximate surface area is 196 Å². The van der Waals surface area contributed by atoms with Crippen LogP contribution in [0.2, 0.25) is 0 Å². The number of hydrogen-bond acceptors (Lipinski definition) is 2. The fourth-order valence-corrected chi connectivity index (χ4v) is 6.29. The summed E-state index contributed by atoms with van der Waals surface area (Å²) in [6.07, 6.45) is -0.621. The molecule has 0 aliphatic carbocycles. The van der Waals surface area contributed by atoms with E-state index in [1.165, 1.54) is 6.42 Å². The van der Waals surface area contributed by atoms with Gasteiger partial charge in [0.2, 0.25) is 0 Å². The lowest BCUT2D eigenvalue weighted by Crippen LogP contribution is -2.52. The van der Waals surface area contributed by atoms with Gasteiger partial charge in [-0.25, -0.2) is 0 Å². The summed E-state index contributed by atoms with van der Waals surface area (Å²) in [4.78, 5) is 4.32. The number of rotatable bonds is 4. The summed E-state index contributed by atoms with van der Waals surface area (Å²) in [7, 11) is 0. The van der Waals surface area contributed by atoms with Crippen LogP contribution in [0.15, 0.2) is 0 Å². The Kier molecular flexibility index (Phi) is 7.91. The van der Waals surface area contributed by atoms with Crippen LogP contribution in [0.1, 0.15) is 102 Å². The van der Waals surface area contributed by atoms with Gasteiger partial charge in [-0.05, 0) is 102 Å². The van der Waals surface area contributed by atoms with E-state index in [1.54, 1.807) is 4.90 Å². The lowest BCUT2D eigenvalue weighted by molar-refractivity contribution is -0.186. The Balaban J connectivity index is 2.15. The molecule has 190 valence electrons. The molecule has 2 aliphatic heterocycles. The van der Waals surface area contributed by atoms with E-state index in [1.807, 2.05) is 20.8 Å². The maximum absolute atomic E-state index is 13.9. The molecule has 0 aromatic rings. The smallest absolute Gasteiger partial charge is 0.298 e. The molecule has 2 heterocycles. The highest BCUT2D eigenvalue weighted by molar-refractivity contribution is 5.00. The largest absolute Gasteiger partial charge is 0.404 e. The summed E-state index contributed by atoms with van der Waals surface area (Å²) in [5.41, 5.74) is -0.152. The number of halogens is 3. The summed E-state index contributed by atoms with van der Waals surface area (Å²) >= 11 is 0. The first-order valence-electron chi connectivity index (χ1n) is 12.7. The van der Waals surface area contributed by atoms with E-state index in [0.717, 1.165) is 25.9 Å². The molecule has 0 amide bonds. The molecule has 0 aromatic heterocycles. The van der Waals surface area contributed by atoms with Gasteiger partial charge in [0, 0.05) is 24.2 Å². The van der Waals surface area contributed by atoms with Crippen molar-refractivity contribution in [3.63, 3.8) is 0 Å². The molecular weight excluding hydrogens is 409 g/mol. The highest BCUT2D eigenvalue weighted by atomic mass is 19.4. The molecule has 0 bridgehead atoms. The Morgan fingerprint density at radius 1 is 0.781 bits per heavy atom. The van der Waals surface area contributed by atoms with E-state index in [0.29, 0.717) is 18.4 Å². The fourth-order valence-electron chi connectivity index (χ4n) is 6.29. The quantitative estimate of drug-likeness (QED) is 0.425. The minimum atomic E-state index is -4.16. The Morgan fingerprint density at radius 3 is 1.75 bits per heavy atom. The summed E-state index contributed by atoms with van der Waals surface area (Å²) in [6, 6.07) is -1.32. The van der Waals surface area contributed by atoms with Crippen molar-refractivity contribution in [3.8, 4) is 0 Å².